The van der Waals surface area contributed by atoms with Crippen molar-refractivity contribution in [3.05, 3.63) is 34.1 Å². The summed E-state index contributed by atoms with van der Waals surface area (Å²) < 4.78 is 6.73. The molecule has 0 aliphatic carbocycles. The van der Waals surface area contributed by atoms with Crippen LogP contribution >= 0.6 is 15.9 Å². The fourth-order valence-corrected chi connectivity index (χ4v) is 2.23. The Hall–Kier alpha value is -1.20. The Balaban J connectivity index is 2.38. The minimum Gasteiger partial charge on any atom is -0.419 e. The van der Waals surface area contributed by atoms with Crippen LogP contribution in [0.25, 0.3) is 11.5 Å². The van der Waals surface area contributed by atoms with Gasteiger partial charge >= 0.3 is 0 Å². The van der Waals surface area contributed by atoms with Crippen molar-refractivity contribution in [1.29, 1.82) is 0 Å². The molecule has 0 saturated carbocycles. The van der Waals surface area contributed by atoms with Crippen LogP contribution in [0.2, 0.25) is 0 Å². The molecule has 0 aliphatic rings. The standard InChI is InChI=1S/C13H16BrN3O/c1-4-10(15-3)13-17-16-12(18-13)9-7-5-6-8(2)11(9)14/h5-7,10,15H,4H2,1-3H3. The number of aromatic nitrogens is 2. The van der Waals surface area contributed by atoms with Gasteiger partial charge in [0.25, 0.3) is 0 Å². The molecule has 18 heavy (non-hydrogen) atoms. The topological polar surface area (TPSA) is 51.0 Å². The zero-order valence-electron chi connectivity index (χ0n) is 10.7. The summed E-state index contributed by atoms with van der Waals surface area (Å²) in [6.07, 6.45) is 0.910. The predicted octanol–water partition coefficient (Wildman–Crippen LogP) is 3.48. The van der Waals surface area contributed by atoms with E-state index in [2.05, 4.69) is 38.4 Å². The third-order valence-electron chi connectivity index (χ3n) is 2.92. The molecule has 0 bridgehead atoms. The van der Waals surface area contributed by atoms with E-state index < -0.39 is 0 Å². The number of aryl methyl sites for hydroxylation is 1. The van der Waals surface area contributed by atoms with Crippen LogP contribution in [0.5, 0.6) is 0 Å². The van der Waals surface area contributed by atoms with Crippen LogP contribution in [0.1, 0.15) is 30.8 Å². The number of nitrogens with zero attached hydrogens (tertiary/aromatic N) is 2. The lowest BCUT2D eigenvalue weighted by molar-refractivity contribution is 0.415. The highest BCUT2D eigenvalue weighted by Crippen LogP contribution is 2.30. The lowest BCUT2D eigenvalue weighted by Gasteiger charge is -2.07. The first-order valence-corrected chi connectivity index (χ1v) is 6.72. The molecule has 0 amide bonds. The molecular weight excluding hydrogens is 294 g/mol. The minimum absolute atomic E-state index is 0.106. The SMILES string of the molecule is CCC(NC)c1nnc(-c2cccc(C)c2Br)o1. The van der Waals surface area contributed by atoms with E-state index in [1.807, 2.05) is 32.2 Å². The van der Waals surface area contributed by atoms with Gasteiger partial charge in [-0.05, 0) is 48.0 Å². The molecule has 0 fully saturated rings. The second kappa shape index (κ2) is 5.63. The van der Waals surface area contributed by atoms with Gasteiger partial charge < -0.3 is 9.73 Å². The van der Waals surface area contributed by atoms with Crippen molar-refractivity contribution in [1.82, 2.24) is 15.5 Å². The van der Waals surface area contributed by atoms with Crippen LogP contribution < -0.4 is 5.32 Å². The molecule has 1 aromatic carbocycles. The second-order valence-corrected chi connectivity index (χ2v) is 4.92. The van der Waals surface area contributed by atoms with Gasteiger partial charge in [0.1, 0.15) is 0 Å². The van der Waals surface area contributed by atoms with Gasteiger partial charge in [0, 0.05) is 4.47 Å². The third-order valence-corrected chi connectivity index (χ3v) is 3.97. The van der Waals surface area contributed by atoms with Gasteiger partial charge in [0.2, 0.25) is 11.8 Å². The highest BCUT2D eigenvalue weighted by molar-refractivity contribution is 9.10. The van der Waals surface area contributed by atoms with Gasteiger partial charge in [-0.2, -0.15) is 0 Å². The quantitative estimate of drug-likeness (QED) is 0.939. The summed E-state index contributed by atoms with van der Waals surface area (Å²) in [4.78, 5) is 0. The maximum Gasteiger partial charge on any atom is 0.248 e. The molecule has 96 valence electrons. The minimum atomic E-state index is 0.106. The smallest absolute Gasteiger partial charge is 0.248 e. The number of nitrogens with one attached hydrogen (secondary N) is 1. The highest BCUT2D eigenvalue weighted by atomic mass is 79.9. The average Bonchev–Trinajstić information content (AvgIpc) is 2.84. The lowest BCUT2D eigenvalue weighted by Crippen LogP contribution is -2.15. The number of hydrogen-bond donors (Lipinski definition) is 1. The van der Waals surface area contributed by atoms with Gasteiger partial charge in [-0.25, -0.2) is 0 Å². The summed E-state index contributed by atoms with van der Waals surface area (Å²) in [6, 6.07) is 6.09. The largest absolute Gasteiger partial charge is 0.419 e. The van der Waals surface area contributed by atoms with Crippen LogP contribution in [0.4, 0.5) is 0 Å². The Morgan fingerprint density at radius 1 is 1.39 bits per heavy atom. The fourth-order valence-electron chi connectivity index (χ4n) is 1.80. The zero-order chi connectivity index (χ0) is 13.1. The maximum absolute atomic E-state index is 5.73. The molecular formula is C13H16BrN3O. The summed E-state index contributed by atoms with van der Waals surface area (Å²) in [6.45, 7) is 4.11. The Morgan fingerprint density at radius 2 is 2.17 bits per heavy atom. The molecule has 1 N–H and O–H groups in total. The van der Waals surface area contributed by atoms with Gasteiger partial charge in [-0.3, -0.25) is 0 Å². The molecule has 1 aromatic heterocycles. The number of benzene rings is 1. The molecule has 5 heteroatoms. The van der Waals surface area contributed by atoms with Crippen molar-refractivity contribution in [2.75, 3.05) is 7.05 Å². The summed E-state index contributed by atoms with van der Waals surface area (Å²) >= 11 is 3.55. The van der Waals surface area contributed by atoms with Crippen molar-refractivity contribution >= 4 is 15.9 Å². The highest BCUT2D eigenvalue weighted by Gasteiger charge is 2.17. The van der Waals surface area contributed by atoms with E-state index >= 15 is 0 Å². The second-order valence-electron chi connectivity index (χ2n) is 4.13. The summed E-state index contributed by atoms with van der Waals surface area (Å²) in [5.41, 5.74) is 2.08. The van der Waals surface area contributed by atoms with Crippen molar-refractivity contribution in [2.24, 2.45) is 0 Å². The van der Waals surface area contributed by atoms with Crippen molar-refractivity contribution in [2.45, 2.75) is 26.3 Å². The number of halogens is 1. The molecule has 0 radical (unpaired) electrons. The maximum atomic E-state index is 5.73. The Labute approximate surface area is 115 Å². The zero-order valence-corrected chi connectivity index (χ0v) is 12.3. The normalized spacial score (nSPS) is 12.7. The van der Waals surface area contributed by atoms with Crippen molar-refractivity contribution in [3.63, 3.8) is 0 Å². The Kier molecular flexibility index (Phi) is 4.14. The first kappa shape index (κ1) is 13.2. The Morgan fingerprint density at radius 3 is 2.83 bits per heavy atom. The van der Waals surface area contributed by atoms with Crippen LogP contribution in [0.3, 0.4) is 0 Å². The predicted molar refractivity (Wildman–Crippen MR) is 74.3 cm³/mol. The number of rotatable bonds is 4. The molecule has 0 saturated heterocycles. The summed E-state index contributed by atoms with van der Waals surface area (Å²) in [7, 11) is 1.89. The first-order valence-electron chi connectivity index (χ1n) is 5.93. The summed E-state index contributed by atoms with van der Waals surface area (Å²) in [5, 5.41) is 11.4. The molecule has 0 aliphatic heterocycles. The average molecular weight is 310 g/mol. The van der Waals surface area contributed by atoms with E-state index in [1.54, 1.807) is 0 Å². The van der Waals surface area contributed by atoms with Gasteiger partial charge in [0.05, 0.1) is 11.6 Å². The van der Waals surface area contributed by atoms with Gasteiger partial charge in [-0.1, -0.05) is 19.1 Å². The van der Waals surface area contributed by atoms with Gasteiger partial charge in [0.15, 0.2) is 0 Å². The molecule has 1 atom stereocenters. The molecule has 0 spiro atoms. The number of hydrogen-bond acceptors (Lipinski definition) is 4. The summed E-state index contributed by atoms with van der Waals surface area (Å²) in [5.74, 6) is 1.18. The van der Waals surface area contributed by atoms with E-state index in [9.17, 15) is 0 Å². The van der Waals surface area contributed by atoms with Crippen LogP contribution in [-0.2, 0) is 0 Å². The van der Waals surface area contributed by atoms with Crippen molar-refractivity contribution < 1.29 is 4.42 Å². The van der Waals surface area contributed by atoms with Crippen LogP contribution in [-0.4, -0.2) is 17.2 Å². The van der Waals surface area contributed by atoms with E-state index in [0.29, 0.717) is 11.8 Å². The molecule has 2 rings (SSSR count). The van der Waals surface area contributed by atoms with E-state index in [1.165, 1.54) is 0 Å². The molecule has 2 aromatic rings. The lowest BCUT2D eigenvalue weighted by atomic mass is 10.1. The van der Waals surface area contributed by atoms with E-state index in [4.69, 9.17) is 4.42 Å². The Bertz CT molecular complexity index is 535. The monoisotopic (exact) mass is 309 g/mol. The van der Waals surface area contributed by atoms with Crippen LogP contribution in [0.15, 0.2) is 27.1 Å². The van der Waals surface area contributed by atoms with Crippen LogP contribution in [0, 0.1) is 6.92 Å². The third kappa shape index (κ3) is 2.47. The molecule has 1 unspecified atom stereocenters. The van der Waals surface area contributed by atoms with Gasteiger partial charge in [-0.15, -0.1) is 10.2 Å². The molecule has 4 nitrogen and oxygen atoms in total. The van der Waals surface area contributed by atoms with E-state index in [-0.39, 0.29) is 6.04 Å². The molecule has 1 heterocycles. The fraction of sp³-hybridized carbons (Fsp3) is 0.385. The van der Waals surface area contributed by atoms with Crippen molar-refractivity contribution in [3.8, 4) is 11.5 Å². The van der Waals surface area contributed by atoms with E-state index in [0.717, 1.165) is 22.0 Å². The first-order chi connectivity index (χ1) is 8.67.